The number of carbonyl (C=O) groups excluding carboxylic acids is 1. The second-order valence-corrected chi connectivity index (χ2v) is 4.37. The third kappa shape index (κ3) is 1.90. The summed E-state index contributed by atoms with van der Waals surface area (Å²) in [5.74, 6) is -1.41. The highest BCUT2D eigenvalue weighted by molar-refractivity contribution is 6.02. The highest BCUT2D eigenvalue weighted by Gasteiger charge is 2.51. The van der Waals surface area contributed by atoms with Gasteiger partial charge in [0.25, 0.3) is 0 Å². The van der Waals surface area contributed by atoms with Crippen molar-refractivity contribution in [2.45, 2.75) is 25.8 Å². The number of amides is 1. The third-order valence-electron chi connectivity index (χ3n) is 3.40. The van der Waals surface area contributed by atoms with Gasteiger partial charge in [-0.25, -0.2) is 0 Å². The molecule has 2 N–H and O–H groups in total. The fourth-order valence-electron chi connectivity index (χ4n) is 1.98. The number of carboxylic acids is 1. The maximum Gasteiger partial charge on any atom is 0.319 e. The molecule has 2 rings (SSSR count). The lowest BCUT2D eigenvalue weighted by atomic mass is 9.68. The van der Waals surface area contributed by atoms with Crippen LogP contribution in [0.2, 0.25) is 0 Å². The number of nitrogens with zero attached hydrogens (tertiary/aromatic N) is 2. The maximum atomic E-state index is 11.9. The van der Waals surface area contributed by atoms with Gasteiger partial charge >= 0.3 is 5.97 Å². The van der Waals surface area contributed by atoms with Gasteiger partial charge in [-0.3, -0.25) is 14.3 Å². The molecule has 1 aliphatic rings. The Labute approximate surface area is 98.6 Å². The number of aromatic nitrogens is 2. The minimum Gasteiger partial charge on any atom is -0.480 e. The number of aliphatic carboxylic acids is 1. The van der Waals surface area contributed by atoms with E-state index >= 15 is 0 Å². The Balaban J connectivity index is 1.98. The second kappa shape index (κ2) is 4.20. The molecule has 1 amide bonds. The summed E-state index contributed by atoms with van der Waals surface area (Å²) in [5, 5.41) is 15.7. The quantitative estimate of drug-likeness (QED) is 0.737. The summed E-state index contributed by atoms with van der Waals surface area (Å²) in [5.41, 5.74) is -0.350. The van der Waals surface area contributed by atoms with E-state index in [4.69, 9.17) is 5.11 Å². The molecule has 1 heterocycles. The largest absolute Gasteiger partial charge is 0.480 e. The molecule has 1 fully saturated rings. The number of aryl methyl sites for hydroxylation is 1. The van der Waals surface area contributed by atoms with Crippen LogP contribution in [0.5, 0.6) is 0 Å². The predicted molar refractivity (Wildman–Crippen MR) is 59.0 cm³/mol. The van der Waals surface area contributed by atoms with Crippen molar-refractivity contribution in [3.63, 3.8) is 0 Å². The van der Waals surface area contributed by atoms with E-state index in [9.17, 15) is 9.59 Å². The van der Waals surface area contributed by atoms with Gasteiger partial charge in [0.2, 0.25) is 5.91 Å². The summed E-state index contributed by atoms with van der Waals surface area (Å²) in [7, 11) is 1.78. The van der Waals surface area contributed by atoms with Gasteiger partial charge in [-0.1, -0.05) is 6.42 Å². The highest BCUT2D eigenvalue weighted by atomic mass is 16.4. The number of hydrogen-bond donors (Lipinski definition) is 2. The Kier molecular flexibility index (Phi) is 2.87. The van der Waals surface area contributed by atoms with Crippen molar-refractivity contribution in [1.29, 1.82) is 0 Å². The van der Waals surface area contributed by atoms with Crippen molar-refractivity contribution in [3.8, 4) is 0 Å². The van der Waals surface area contributed by atoms with Crippen LogP contribution in [0.3, 0.4) is 0 Å². The minimum absolute atomic E-state index is 0.310. The monoisotopic (exact) mass is 237 g/mol. The zero-order chi connectivity index (χ0) is 12.5. The average Bonchev–Trinajstić information content (AvgIpc) is 2.58. The average molecular weight is 237 g/mol. The van der Waals surface area contributed by atoms with E-state index in [1.165, 1.54) is 0 Å². The molecule has 6 nitrogen and oxygen atoms in total. The van der Waals surface area contributed by atoms with Gasteiger partial charge in [0.05, 0.1) is 12.2 Å². The summed E-state index contributed by atoms with van der Waals surface area (Å²) < 4.78 is 1.65. The molecule has 92 valence electrons. The molecule has 0 atom stereocenters. The van der Waals surface area contributed by atoms with Crippen molar-refractivity contribution in [2.24, 2.45) is 12.5 Å². The van der Waals surface area contributed by atoms with Crippen molar-refractivity contribution in [2.75, 3.05) is 0 Å². The number of hydrogen-bond acceptors (Lipinski definition) is 3. The van der Waals surface area contributed by atoms with Crippen molar-refractivity contribution in [1.82, 2.24) is 15.1 Å². The highest BCUT2D eigenvalue weighted by Crippen LogP contribution is 2.41. The van der Waals surface area contributed by atoms with Crippen molar-refractivity contribution in [3.05, 3.63) is 18.0 Å². The molecule has 0 unspecified atom stereocenters. The standard InChI is InChI=1S/C11H15N3O3/c1-14-8(3-6-13-14)7-12-9(15)11(10(16)17)4-2-5-11/h3,6H,2,4-5,7H2,1H3,(H,12,15)(H,16,17). The molecule has 0 aliphatic heterocycles. The number of carbonyl (C=O) groups is 2. The summed E-state index contributed by atoms with van der Waals surface area (Å²) in [6, 6.07) is 1.79. The molecule has 0 spiro atoms. The van der Waals surface area contributed by atoms with Gasteiger partial charge < -0.3 is 10.4 Å². The Hall–Kier alpha value is -1.85. The van der Waals surface area contributed by atoms with Crippen LogP contribution < -0.4 is 5.32 Å². The van der Waals surface area contributed by atoms with Crippen LogP contribution in [0.4, 0.5) is 0 Å². The van der Waals surface area contributed by atoms with Crippen LogP contribution in [0.25, 0.3) is 0 Å². The van der Waals surface area contributed by atoms with E-state index in [1.807, 2.05) is 0 Å². The molecule has 17 heavy (non-hydrogen) atoms. The fraction of sp³-hybridized carbons (Fsp3) is 0.545. The number of rotatable bonds is 4. The molecule has 6 heteroatoms. The Morgan fingerprint density at radius 2 is 2.29 bits per heavy atom. The molecule has 0 radical (unpaired) electrons. The summed E-state index contributed by atoms with van der Waals surface area (Å²) in [6.07, 6.45) is 3.29. The maximum absolute atomic E-state index is 11.9. The van der Waals surface area contributed by atoms with Crippen LogP contribution in [0, 0.1) is 5.41 Å². The molecule has 0 aromatic carbocycles. The van der Waals surface area contributed by atoms with Crippen LogP contribution >= 0.6 is 0 Å². The number of nitrogens with one attached hydrogen (secondary N) is 1. The van der Waals surface area contributed by atoms with Gasteiger partial charge in [-0.05, 0) is 18.9 Å². The van der Waals surface area contributed by atoms with Crippen LogP contribution in [0.1, 0.15) is 25.0 Å². The first kappa shape index (κ1) is 11.6. The van der Waals surface area contributed by atoms with E-state index in [2.05, 4.69) is 10.4 Å². The van der Waals surface area contributed by atoms with Gasteiger partial charge in [0.1, 0.15) is 5.41 Å². The molecule has 1 saturated carbocycles. The lowest BCUT2D eigenvalue weighted by molar-refractivity contribution is -0.162. The third-order valence-corrected chi connectivity index (χ3v) is 3.40. The van der Waals surface area contributed by atoms with Gasteiger partial charge in [0, 0.05) is 13.2 Å². The first-order chi connectivity index (χ1) is 8.06. The molecular weight excluding hydrogens is 222 g/mol. The predicted octanol–water partition coefficient (Wildman–Crippen LogP) is 0.291. The summed E-state index contributed by atoms with van der Waals surface area (Å²) in [6.45, 7) is 0.310. The normalized spacial score (nSPS) is 17.2. The van der Waals surface area contributed by atoms with E-state index in [-0.39, 0.29) is 0 Å². The first-order valence-corrected chi connectivity index (χ1v) is 5.55. The van der Waals surface area contributed by atoms with Crippen LogP contribution in [-0.2, 0) is 23.2 Å². The molecule has 0 bridgehead atoms. The zero-order valence-electron chi connectivity index (χ0n) is 9.64. The van der Waals surface area contributed by atoms with E-state index in [0.29, 0.717) is 19.4 Å². The Bertz CT molecular complexity index is 449. The molecule has 1 aromatic rings. The fourth-order valence-corrected chi connectivity index (χ4v) is 1.98. The summed E-state index contributed by atoms with van der Waals surface area (Å²) >= 11 is 0. The van der Waals surface area contributed by atoms with Gasteiger partial charge in [0.15, 0.2) is 0 Å². The smallest absolute Gasteiger partial charge is 0.319 e. The molecule has 1 aliphatic carbocycles. The minimum atomic E-state index is -1.20. The van der Waals surface area contributed by atoms with Crippen LogP contribution in [0.15, 0.2) is 12.3 Å². The lowest BCUT2D eigenvalue weighted by Gasteiger charge is -2.35. The Morgan fingerprint density at radius 3 is 2.71 bits per heavy atom. The molecule has 1 aromatic heterocycles. The second-order valence-electron chi connectivity index (χ2n) is 4.37. The van der Waals surface area contributed by atoms with Crippen LogP contribution in [-0.4, -0.2) is 26.8 Å². The SMILES string of the molecule is Cn1nccc1CNC(=O)C1(C(=O)O)CCC1. The zero-order valence-corrected chi connectivity index (χ0v) is 9.64. The molecule has 0 saturated heterocycles. The lowest BCUT2D eigenvalue weighted by Crippen LogP contribution is -2.50. The van der Waals surface area contributed by atoms with Crippen molar-refractivity contribution >= 4 is 11.9 Å². The van der Waals surface area contributed by atoms with Crippen molar-refractivity contribution < 1.29 is 14.7 Å². The number of carboxylic acid groups (broad SMARTS) is 1. The summed E-state index contributed by atoms with van der Waals surface area (Å²) in [4.78, 5) is 23.0. The topological polar surface area (TPSA) is 84.2 Å². The Morgan fingerprint density at radius 1 is 1.59 bits per heavy atom. The van der Waals surface area contributed by atoms with E-state index in [1.54, 1.807) is 24.0 Å². The molecular formula is C11H15N3O3. The van der Waals surface area contributed by atoms with E-state index in [0.717, 1.165) is 12.1 Å². The van der Waals surface area contributed by atoms with Gasteiger partial charge in [-0.2, -0.15) is 5.10 Å². The van der Waals surface area contributed by atoms with E-state index < -0.39 is 17.3 Å². The van der Waals surface area contributed by atoms with Gasteiger partial charge in [-0.15, -0.1) is 0 Å². The first-order valence-electron chi connectivity index (χ1n) is 5.55.